The Morgan fingerprint density at radius 1 is 0.970 bits per heavy atom. The van der Waals surface area contributed by atoms with Gasteiger partial charge >= 0.3 is 11.9 Å². The van der Waals surface area contributed by atoms with Crippen molar-refractivity contribution >= 4 is 29.0 Å². The second-order valence-corrected chi connectivity index (χ2v) is 8.15. The van der Waals surface area contributed by atoms with Gasteiger partial charge in [-0.1, -0.05) is 51.1 Å². The van der Waals surface area contributed by atoms with Gasteiger partial charge in [0, 0.05) is 18.4 Å². The van der Waals surface area contributed by atoms with Crippen LogP contribution in [0.4, 0.5) is 5.69 Å². The summed E-state index contributed by atoms with van der Waals surface area (Å²) in [6.45, 7) is 6.51. The van der Waals surface area contributed by atoms with Crippen LogP contribution in [0.25, 0.3) is 5.57 Å². The first-order valence-electron chi connectivity index (χ1n) is 11.4. The monoisotopic (exact) mass is 449 g/mol. The van der Waals surface area contributed by atoms with E-state index in [9.17, 15) is 14.4 Å². The Morgan fingerprint density at radius 2 is 1.64 bits per heavy atom. The molecule has 0 aromatic heterocycles. The lowest BCUT2D eigenvalue weighted by atomic mass is 9.93. The summed E-state index contributed by atoms with van der Waals surface area (Å²) in [5.74, 6) is -1.89. The van der Waals surface area contributed by atoms with Crippen molar-refractivity contribution in [3.8, 4) is 0 Å². The number of carbonyl (C=O) groups excluding carboxylic acids is 3. The summed E-state index contributed by atoms with van der Waals surface area (Å²) >= 11 is 0. The van der Waals surface area contributed by atoms with Gasteiger partial charge in [-0.05, 0) is 55.0 Å². The molecule has 0 saturated carbocycles. The van der Waals surface area contributed by atoms with E-state index in [-0.39, 0.29) is 11.5 Å². The molecule has 174 valence electrons. The molecule has 1 aliphatic rings. The van der Waals surface area contributed by atoms with Crippen LogP contribution in [-0.2, 0) is 25.5 Å². The Hall–Kier alpha value is -3.41. The quantitative estimate of drug-likeness (QED) is 0.306. The maximum Gasteiger partial charge on any atom is 0.380 e. The van der Waals surface area contributed by atoms with Crippen LogP contribution in [0.15, 0.2) is 54.7 Å². The molecule has 2 aromatic rings. The zero-order chi connectivity index (χ0) is 24.0. The van der Waals surface area contributed by atoms with Gasteiger partial charge in [0.25, 0.3) is 5.78 Å². The number of ketones is 1. The number of esters is 2. The van der Waals surface area contributed by atoms with E-state index in [0.29, 0.717) is 43.4 Å². The number of benzene rings is 2. The van der Waals surface area contributed by atoms with Crippen LogP contribution in [0.1, 0.15) is 61.5 Å². The van der Waals surface area contributed by atoms with E-state index in [0.717, 1.165) is 11.3 Å². The van der Waals surface area contributed by atoms with Gasteiger partial charge in [-0.2, -0.15) is 0 Å². The summed E-state index contributed by atoms with van der Waals surface area (Å²) in [6.07, 6.45) is 4.36. The molecule has 1 heterocycles. The summed E-state index contributed by atoms with van der Waals surface area (Å²) in [6, 6.07) is 14.5. The largest absolute Gasteiger partial charge is 0.465 e. The lowest BCUT2D eigenvalue weighted by Gasteiger charge is -2.30. The zero-order valence-corrected chi connectivity index (χ0v) is 19.7. The summed E-state index contributed by atoms with van der Waals surface area (Å²) in [5, 5.41) is 0. The summed E-state index contributed by atoms with van der Waals surface area (Å²) < 4.78 is 10.5. The molecule has 0 unspecified atom stereocenters. The summed E-state index contributed by atoms with van der Waals surface area (Å²) in [4.78, 5) is 40.1. The smallest absolute Gasteiger partial charge is 0.380 e. The number of methoxy groups -OCH3 is 1. The Balaban J connectivity index is 1.96. The molecule has 0 bridgehead atoms. The second kappa shape index (κ2) is 10.5. The molecule has 0 fully saturated rings. The maximum atomic E-state index is 13.3. The number of anilines is 1. The number of hydrogen-bond donors (Lipinski definition) is 0. The molecule has 0 amide bonds. The van der Waals surface area contributed by atoms with Gasteiger partial charge in [0.15, 0.2) is 0 Å². The Labute approximate surface area is 195 Å². The van der Waals surface area contributed by atoms with Gasteiger partial charge in [0.1, 0.15) is 5.60 Å². The van der Waals surface area contributed by atoms with Crippen LogP contribution >= 0.6 is 0 Å². The van der Waals surface area contributed by atoms with E-state index in [4.69, 9.17) is 9.47 Å². The number of Topliss-reactive ketones (excluding diaryl/α,β-unsaturated/α-hetero) is 1. The van der Waals surface area contributed by atoms with Gasteiger partial charge in [0.05, 0.1) is 18.2 Å². The maximum absolute atomic E-state index is 13.3. The molecule has 0 N–H and O–H groups in total. The molecule has 0 atom stereocenters. The predicted molar refractivity (Wildman–Crippen MR) is 128 cm³/mol. The molecule has 6 heteroatoms. The van der Waals surface area contributed by atoms with Gasteiger partial charge in [0.2, 0.25) is 0 Å². The fraction of sp³-hybridized carbons (Fsp3) is 0.370. The molecular weight excluding hydrogens is 418 g/mol. The minimum absolute atomic E-state index is 0.280. The molecule has 1 aliphatic heterocycles. The van der Waals surface area contributed by atoms with E-state index >= 15 is 0 Å². The van der Waals surface area contributed by atoms with E-state index < -0.39 is 17.4 Å². The number of hydrogen-bond acceptors (Lipinski definition) is 6. The van der Waals surface area contributed by atoms with Crippen LogP contribution < -0.4 is 4.90 Å². The van der Waals surface area contributed by atoms with E-state index in [1.54, 1.807) is 24.4 Å². The van der Waals surface area contributed by atoms with Crippen molar-refractivity contribution in [2.24, 2.45) is 0 Å². The van der Waals surface area contributed by atoms with Gasteiger partial charge in [-0.3, -0.25) is 4.79 Å². The van der Waals surface area contributed by atoms with E-state index in [1.807, 2.05) is 56.0 Å². The number of rotatable bonds is 9. The van der Waals surface area contributed by atoms with Crippen LogP contribution in [0.5, 0.6) is 0 Å². The van der Waals surface area contributed by atoms with Gasteiger partial charge < -0.3 is 14.4 Å². The number of fused-ring (bicyclic) bond motifs is 1. The normalized spacial score (nSPS) is 13.5. The second-order valence-electron chi connectivity index (χ2n) is 8.15. The summed E-state index contributed by atoms with van der Waals surface area (Å²) in [7, 11) is 1.35. The number of ether oxygens (including phenoxy) is 2. The molecule has 0 radical (unpaired) electrons. The molecule has 0 spiro atoms. The molecular formula is C27H31NO5. The minimum atomic E-state index is -0.837. The Kier molecular flexibility index (Phi) is 7.69. The topological polar surface area (TPSA) is 72.9 Å². The van der Waals surface area contributed by atoms with Gasteiger partial charge in [-0.15, -0.1) is 0 Å². The van der Waals surface area contributed by atoms with E-state index in [1.165, 1.54) is 7.11 Å². The fourth-order valence-corrected chi connectivity index (χ4v) is 4.16. The number of carbonyl (C=O) groups is 3. The highest BCUT2D eigenvalue weighted by atomic mass is 16.6. The molecule has 3 rings (SSSR count). The first-order chi connectivity index (χ1) is 15.9. The standard InChI is InChI=1S/C27H31NO5/c1-5-27(6-2,7-3)33-26(31)24(29)22(19-11-9-8-10-12-19)18-28-16-15-20-17-21(25(30)32-4)13-14-23(20)28/h8-14,17-18H,5-7,15-16H2,1-4H3/b22-18+. The third-order valence-electron chi connectivity index (χ3n) is 6.47. The van der Waals surface area contributed by atoms with Crippen LogP contribution in [0.2, 0.25) is 0 Å². The van der Waals surface area contributed by atoms with Crippen molar-refractivity contribution in [2.45, 2.75) is 52.1 Å². The first kappa shape index (κ1) is 24.2. The Bertz CT molecular complexity index is 1050. The van der Waals surface area contributed by atoms with Crippen molar-refractivity contribution < 1.29 is 23.9 Å². The number of nitrogens with zero attached hydrogens (tertiary/aromatic N) is 1. The van der Waals surface area contributed by atoms with E-state index in [2.05, 4.69) is 0 Å². The van der Waals surface area contributed by atoms with Crippen molar-refractivity contribution in [3.05, 3.63) is 71.4 Å². The summed E-state index contributed by atoms with van der Waals surface area (Å²) in [5.41, 5.74) is 2.65. The Morgan fingerprint density at radius 3 is 2.24 bits per heavy atom. The van der Waals surface area contributed by atoms with Crippen molar-refractivity contribution in [1.29, 1.82) is 0 Å². The van der Waals surface area contributed by atoms with Crippen LogP contribution in [-0.4, -0.2) is 37.0 Å². The highest BCUT2D eigenvalue weighted by Crippen LogP contribution is 2.32. The highest BCUT2D eigenvalue weighted by molar-refractivity contribution is 6.51. The average Bonchev–Trinajstić information content (AvgIpc) is 3.27. The molecule has 0 saturated heterocycles. The van der Waals surface area contributed by atoms with Crippen molar-refractivity contribution in [2.75, 3.05) is 18.6 Å². The third kappa shape index (κ3) is 5.16. The predicted octanol–water partition coefficient (Wildman–Crippen LogP) is 4.96. The molecule has 2 aromatic carbocycles. The van der Waals surface area contributed by atoms with Crippen molar-refractivity contribution in [1.82, 2.24) is 0 Å². The van der Waals surface area contributed by atoms with Crippen LogP contribution in [0, 0.1) is 0 Å². The third-order valence-corrected chi connectivity index (χ3v) is 6.47. The molecule has 33 heavy (non-hydrogen) atoms. The SMILES string of the molecule is CCC(CC)(CC)OC(=O)C(=O)/C(=C/N1CCc2cc(C(=O)OC)ccc21)c1ccccc1. The molecule has 6 nitrogen and oxygen atoms in total. The minimum Gasteiger partial charge on any atom is -0.465 e. The first-order valence-corrected chi connectivity index (χ1v) is 11.4. The zero-order valence-electron chi connectivity index (χ0n) is 19.7. The molecule has 0 aliphatic carbocycles. The van der Waals surface area contributed by atoms with Crippen molar-refractivity contribution in [3.63, 3.8) is 0 Å². The lowest BCUT2D eigenvalue weighted by molar-refractivity contribution is -0.165. The fourth-order valence-electron chi connectivity index (χ4n) is 4.16. The van der Waals surface area contributed by atoms with Gasteiger partial charge in [-0.25, -0.2) is 9.59 Å². The average molecular weight is 450 g/mol. The highest BCUT2D eigenvalue weighted by Gasteiger charge is 2.33. The van der Waals surface area contributed by atoms with Crippen LogP contribution in [0.3, 0.4) is 0 Å². The lowest BCUT2D eigenvalue weighted by Crippen LogP contribution is -2.36.